The van der Waals surface area contributed by atoms with Crippen molar-refractivity contribution in [2.75, 3.05) is 37.6 Å². The van der Waals surface area contributed by atoms with E-state index in [4.69, 9.17) is 4.99 Å². The molecule has 30 heavy (non-hydrogen) atoms. The van der Waals surface area contributed by atoms with Gasteiger partial charge in [-0.3, -0.25) is 0 Å². The number of nitrogens with one attached hydrogen (secondary N) is 1. The van der Waals surface area contributed by atoms with Gasteiger partial charge in [0.15, 0.2) is 5.96 Å². The minimum absolute atomic E-state index is 0.188. The van der Waals surface area contributed by atoms with Crippen LogP contribution in [0.3, 0.4) is 0 Å². The zero-order valence-corrected chi connectivity index (χ0v) is 18.4. The molecule has 1 aromatic rings. The first-order valence-electron chi connectivity index (χ1n) is 11.8. The van der Waals surface area contributed by atoms with E-state index in [0.29, 0.717) is 43.6 Å². The Kier molecular flexibility index (Phi) is 6.81. The van der Waals surface area contributed by atoms with Gasteiger partial charge in [-0.2, -0.15) is 0 Å². The van der Waals surface area contributed by atoms with Gasteiger partial charge in [0, 0.05) is 32.7 Å². The van der Waals surface area contributed by atoms with Crippen LogP contribution in [-0.4, -0.2) is 54.8 Å². The normalized spacial score (nSPS) is 22.7. The smallest absolute Gasteiger partial charge is 0.194 e. The lowest BCUT2D eigenvalue weighted by Crippen LogP contribution is -2.41. The van der Waals surface area contributed by atoms with Crippen molar-refractivity contribution in [3.63, 3.8) is 0 Å². The number of guanidine groups is 1. The van der Waals surface area contributed by atoms with E-state index in [0.717, 1.165) is 31.2 Å². The molecule has 1 saturated carbocycles. The number of anilines is 1. The molecule has 0 radical (unpaired) electrons. The van der Waals surface area contributed by atoms with Crippen LogP contribution in [0.2, 0.25) is 0 Å². The molecule has 3 aliphatic rings. The highest BCUT2D eigenvalue weighted by molar-refractivity contribution is 5.80. The van der Waals surface area contributed by atoms with Crippen LogP contribution in [0.1, 0.15) is 63.9 Å². The fraction of sp³-hybridized carbons (Fsp3) is 0.708. The lowest BCUT2D eigenvalue weighted by Gasteiger charge is -2.33. The number of halogens is 1. The van der Waals surface area contributed by atoms with Crippen LogP contribution in [-0.2, 0) is 6.54 Å². The Morgan fingerprint density at radius 1 is 1.17 bits per heavy atom. The zero-order chi connectivity index (χ0) is 21.0. The van der Waals surface area contributed by atoms with E-state index in [2.05, 4.69) is 17.1 Å². The maximum atomic E-state index is 14.8. The second-order valence-corrected chi connectivity index (χ2v) is 9.41. The average Bonchev–Trinajstić information content (AvgIpc) is 3.15. The minimum Gasteiger partial charge on any atom is -0.393 e. The van der Waals surface area contributed by atoms with Crippen molar-refractivity contribution < 1.29 is 9.50 Å². The Morgan fingerprint density at radius 2 is 1.93 bits per heavy atom. The number of piperidine rings is 1. The molecule has 4 rings (SSSR count). The molecular formula is C24H37FN4O. The van der Waals surface area contributed by atoms with Crippen molar-refractivity contribution in [1.29, 1.82) is 0 Å². The van der Waals surface area contributed by atoms with Crippen molar-refractivity contribution in [3.05, 3.63) is 29.6 Å². The molecule has 5 nitrogen and oxygen atoms in total. The summed E-state index contributed by atoms with van der Waals surface area (Å²) in [5.74, 6) is 0.779. The number of aliphatic imine (C=N–C) groups is 1. The summed E-state index contributed by atoms with van der Waals surface area (Å²) in [5, 5.41) is 13.1. The van der Waals surface area contributed by atoms with E-state index in [1.807, 2.05) is 17.0 Å². The summed E-state index contributed by atoms with van der Waals surface area (Å²) >= 11 is 0. The monoisotopic (exact) mass is 416 g/mol. The van der Waals surface area contributed by atoms with Gasteiger partial charge >= 0.3 is 0 Å². The van der Waals surface area contributed by atoms with Crippen LogP contribution >= 0.6 is 0 Å². The fourth-order valence-corrected chi connectivity index (χ4v) is 5.43. The first-order chi connectivity index (χ1) is 14.6. The second-order valence-electron chi connectivity index (χ2n) is 9.41. The van der Waals surface area contributed by atoms with E-state index in [9.17, 15) is 9.50 Å². The third-order valence-electron chi connectivity index (χ3n) is 7.22. The Balaban J connectivity index is 1.41. The molecule has 166 valence electrons. The van der Waals surface area contributed by atoms with Crippen molar-refractivity contribution >= 4 is 11.6 Å². The number of benzene rings is 1. The van der Waals surface area contributed by atoms with Gasteiger partial charge in [-0.15, -0.1) is 0 Å². The zero-order valence-electron chi connectivity index (χ0n) is 18.4. The predicted octanol–water partition coefficient (Wildman–Crippen LogP) is 3.91. The molecule has 0 amide bonds. The summed E-state index contributed by atoms with van der Waals surface area (Å²) in [4.78, 5) is 9.31. The largest absolute Gasteiger partial charge is 0.393 e. The SMILES string of the molecule is CCNC(=NCc1ccc(N2CCC(O)CC2)c(F)c1)N1CCC2(CCCCC2)C1. The molecule has 0 unspecified atom stereocenters. The van der Waals surface area contributed by atoms with Gasteiger partial charge in [0.1, 0.15) is 5.82 Å². The molecule has 1 aliphatic carbocycles. The summed E-state index contributed by atoms with van der Waals surface area (Å²) in [6.45, 7) is 7.02. The van der Waals surface area contributed by atoms with E-state index >= 15 is 0 Å². The summed E-state index contributed by atoms with van der Waals surface area (Å²) in [5.41, 5.74) is 2.03. The predicted molar refractivity (Wildman–Crippen MR) is 120 cm³/mol. The molecule has 1 spiro atoms. The Hall–Kier alpha value is -1.82. The Labute approximate surface area is 180 Å². The van der Waals surface area contributed by atoms with Crippen LogP contribution in [0.25, 0.3) is 0 Å². The Morgan fingerprint density at radius 3 is 2.63 bits per heavy atom. The third kappa shape index (κ3) is 4.90. The number of aliphatic hydroxyl groups is 1. The molecule has 2 N–H and O–H groups in total. The summed E-state index contributed by atoms with van der Waals surface area (Å²) in [6, 6.07) is 5.49. The van der Waals surface area contributed by atoms with Crippen molar-refractivity contribution in [3.8, 4) is 0 Å². The van der Waals surface area contributed by atoms with E-state index in [-0.39, 0.29) is 11.9 Å². The van der Waals surface area contributed by atoms with E-state index in [1.54, 1.807) is 6.07 Å². The van der Waals surface area contributed by atoms with Gasteiger partial charge in [-0.05, 0) is 62.1 Å². The molecular weight excluding hydrogens is 379 g/mol. The average molecular weight is 417 g/mol. The topological polar surface area (TPSA) is 51.1 Å². The highest BCUT2D eigenvalue weighted by Gasteiger charge is 2.39. The highest BCUT2D eigenvalue weighted by atomic mass is 19.1. The summed E-state index contributed by atoms with van der Waals surface area (Å²) < 4.78 is 14.8. The summed E-state index contributed by atoms with van der Waals surface area (Å²) in [6.07, 6.45) is 9.24. The molecule has 2 heterocycles. The maximum absolute atomic E-state index is 14.8. The van der Waals surface area contributed by atoms with Crippen LogP contribution < -0.4 is 10.2 Å². The third-order valence-corrected chi connectivity index (χ3v) is 7.22. The molecule has 1 aromatic carbocycles. The lowest BCUT2D eigenvalue weighted by atomic mass is 9.73. The number of hydrogen-bond donors (Lipinski definition) is 2. The molecule has 3 fully saturated rings. The van der Waals surface area contributed by atoms with Crippen LogP contribution in [0.5, 0.6) is 0 Å². The standard InChI is InChI=1S/C24H37FN4O/c1-2-26-23(29-15-12-24(18-29)10-4-3-5-11-24)27-17-19-6-7-22(21(25)16-19)28-13-8-20(30)9-14-28/h6-7,16,20,30H,2-5,8-15,17-18H2,1H3,(H,26,27). The highest BCUT2D eigenvalue weighted by Crippen LogP contribution is 2.43. The fourth-order valence-electron chi connectivity index (χ4n) is 5.43. The number of aliphatic hydroxyl groups excluding tert-OH is 1. The molecule has 0 aromatic heterocycles. The Bertz CT molecular complexity index is 739. The van der Waals surface area contributed by atoms with E-state index in [1.165, 1.54) is 38.5 Å². The van der Waals surface area contributed by atoms with Crippen LogP contribution in [0.15, 0.2) is 23.2 Å². The number of hydrogen-bond acceptors (Lipinski definition) is 3. The lowest BCUT2D eigenvalue weighted by molar-refractivity contribution is 0.145. The molecule has 0 bridgehead atoms. The van der Waals surface area contributed by atoms with Gasteiger partial charge in [0.25, 0.3) is 0 Å². The second kappa shape index (κ2) is 9.54. The van der Waals surface area contributed by atoms with Crippen molar-refractivity contribution in [1.82, 2.24) is 10.2 Å². The number of nitrogens with zero attached hydrogens (tertiary/aromatic N) is 3. The molecule has 0 atom stereocenters. The van der Waals surface area contributed by atoms with Gasteiger partial charge in [0.05, 0.1) is 18.3 Å². The number of rotatable bonds is 4. The first kappa shape index (κ1) is 21.4. The molecule has 2 aliphatic heterocycles. The number of likely N-dealkylation sites (tertiary alicyclic amines) is 1. The molecule has 6 heteroatoms. The van der Waals surface area contributed by atoms with E-state index < -0.39 is 0 Å². The minimum atomic E-state index is -0.249. The first-order valence-corrected chi connectivity index (χ1v) is 11.8. The quantitative estimate of drug-likeness (QED) is 0.577. The van der Waals surface area contributed by atoms with Gasteiger partial charge in [0.2, 0.25) is 0 Å². The van der Waals surface area contributed by atoms with Gasteiger partial charge in [-0.1, -0.05) is 25.3 Å². The summed E-state index contributed by atoms with van der Waals surface area (Å²) in [7, 11) is 0. The van der Waals surface area contributed by atoms with Crippen molar-refractivity contribution in [2.45, 2.75) is 70.9 Å². The van der Waals surface area contributed by atoms with Gasteiger partial charge in [-0.25, -0.2) is 9.38 Å². The molecule has 2 saturated heterocycles. The van der Waals surface area contributed by atoms with Gasteiger partial charge < -0.3 is 20.2 Å². The maximum Gasteiger partial charge on any atom is 0.194 e. The van der Waals surface area contributed by atoms with Crippen LogP contribution in [0, 0.1) is 11.2 Å². The van der Waals surface area contributed by atoms with Crippen molar-refractivity contribution in [2.24, 2.45) is 10.4 Å². The van der Waals surface area contributed by atoms with Crippen LogP contribution in [0.4, 0.5) is 10.1 Å².